The van der Waals surface area contributed by atoms with Crippen LogP contribution in [0.1, 0.15) is 48.9 Å². The Morgan fingerprint density at radius 1 is 1.17 bits per heavy atom. The van der Waals surface area contributed by atoms with Crippen LogP contribution in [0, 0.1) is 0 Å². The van der Waals surface area contributed by atoms with Crippen LogP contribution in [0.4, 0.5) is 5.69 Å². The molecule has 0 amide bonds. The van der Waals surface area contributed by atoms with Crippen molar-refractivity contribution in [3.05, 3.63) is 72.2 Å². The van der Waals surface area contributed by atoms with Crippen molar-refractivity contribution in [2.45, 2.75) is 38.5 Å². The molecule has 3 aromatic rings. The number of pyridine rings is 2. The number of nitrogens with zero attached hydrogens (tertiary/aromatic N) is 3. The molecule has 0 saturated carbocycles. The predicted molar refractivity (Wildman–Crippen MR) is 122 cm³/mol. The van der Waals surface area contributed by atoms with Crippen molar-refractivity contribution in [3.63, 3.8) is 0 Å². The van der Waals surface area contributed by atoms with Gasteiger partial charge in [-0.25, -0.2) is 0 Å². The molecule has 4 rings (SSSR count). The molecular formula is C25H30N4. The molecule has 1 aliphatic heterocycles. The number of hydrogen-bond acceptors (Lipinski definition) is 4. The monoisotopic (exact) mass is 386 g/mol. The number of hydrogen-bond donors (Lipinski definition) is 1. The quantitative estimate of drug-likeness (QED) is 0.636. The first-order chi connectivity index (χ1) is 14.2. The Morgan fingerprint density at radius 2 is 1.93 bits per heavy atom. The average Bonchev–Trinajstić information content (AvgIpc) is 2.78. The van der Waals surface area contributed by atoms with E-state index in [-0.39, 0.29) is 0 Å². The first-order valence-electron chi connectivity index (χ1n) is 10.6. The first-order valence-corrected chi connectivity index (χ1v) is 10.6. The lowest BCUT2D eigenvalue weighted by Crippen LogP contribution is -2.33. The van der Waals surface area contributed by atoms with Gasteiger partial charge in [-0.05, 0) is 49.1 Å². The van der Waals surface area contributed by atoms with E-state index in [4.69, 9.17) is 4.98 Å². The summed E-state index contributed by atoms with van der Waals surface area (Å²) in [4.78, 5) is 11.8. The number of aryl methyl sites for hydroxylation is 1. The normalized spacial score (nSPS) is 14.9. The SMILES string of the molecule is C=C(NC)c1cc(C2CCN(c3ccc(CCC)cc3)CC2)nc2ccncc12. The minimum Gasteiger partial charge on any atom is -0.388 e. The van der Waals surface area contributed by atoms with Crippen molar-refractivity contribution >= 4 is 22.3 Å². The summed E-state index contributed by atoms with van der Waals surface area (Å²) in [7, 11) is 1.91. The number of rotatable bonds is 6. The molecule has 1 aromatic carbocycles. The second kappa shape index (κ2) is 8.64. The minimum absolute atomic E-state index is 0.478. The third kappa shape index (κ3) is 4.12. The van der Waals surface area contributed by atoms with Gasteiger partial charge in [0, 0.05) is 66.5 Å². The fourth-order valence-corrected chi connectivity index (χ4v) is 4.28. The Bertz CT molecular complexity index is 985. The molecule has 2 aromatic heterocycles. The van der Waals surface area contributed by atoms with Crippen molar-refractivity contribution in [3.8, 4) is 0 Å². The molecule has 0 atom stereocenters. The summed E-state index contributed by atoms with van der Waals surface area (Å²) in [5, 5.41) is 4.24. The lowest BCUT2D eigenvalue weighted by molar-refractivity contribution is 0.497. The van der Waals surface area contributed by atoms with E-state index < -0.39 is 0 Å². The van der Waals surface area contributed by atoms with Crippen molar-refractivity contribution in [2.75, 3.05) is 25.0 Å². The average molecular weight is 387 g/mol. The summed E-state index contributed by atoms with van der Waals surface area (Å²) in [6.45, 7) is 8.54. The van der Waals surface area contributed by atoms with Gasteiger partial charge >= 0.3 is 0 Å². The molecule has 1 saturated heterocycles. The molecule has 150 valence electrons. The third-order valence-electron chi connectivity index (χ3n) is 6.01. The summed E-state index contributed by atoms with van der Waals surface area (Å²) in [6.07, 6.45) is 8.29. The number of aromatic nitrogens is 2. The van der Waals surface area contributed by atoms with E-state index in [0.29, 0.717) is 5.92 Å². The standard InChI is InChI=1S/C25H30N4/c1-4-5-19-6-8-21(9-7-19)29-14-11-20(12-15-29)25-16-22(18(2)26-3)23-17-27-13-10-24(23)28-25/h6-10,13,16-17,20,26H,2,4-5,11-12,14-15H2,1,3H3. The molecule has 0 spiro atoms. The van der Waals surface area contributed by atoms with E-state index in [0.717, 1.165) is 54.5 Å². The van der Waals surface area contributed by atoms with Gasteiger partial charge in [0.2, 0.25) is 0 Å². The van der Waals surface area contributed by atoms with E-state index in [1.165, 1.54) is 23.4 Å². The van der Waals surface area contributed by atoms with Crippen LogP contribution in [0.25, 0.3) is 16.6 Å². The summed E-state index contributed by atoms with van der Waals surface area (Å²) < 4.78 is 0. The number of nitrogens with one attached hydrogen (secondary N) is 1. The molecule has 1 fully saturated rings. The van der Waals surface area contributed by atoms with Crippen LogP contribution in [0.2, 0.25) is 0 Å². The zero-order valence-electron chi connectivity index (χ0n) is 17.5. The van der Waals surface area contributed by atoms with Crippen molar-refractivity contribution in [2.24, 2.45) is 0 Å². The van der Waals surface area contributed by atoms with Crippen molar-refractivity contribution in [1.82, 2.24) is 15.3 Å². The summed E-state index contributed by atoms with van der Waals surface area (Å²) in [5.74, 6) is 0.478. The number of piperidine rings is 1. The van der Waals surface area contributed by atoms with E-state index in [2.05, 4.69) is 59.0 Å². The largest absolute Gasteiger partial charge is 0.388 e. The van der Waals surface area contributed by atoms with Crippen LogP contribution >= 0.6 is 0 Å². The zero-order valence-corrected chi connectivity index (χ0v) is 17.5. The maximum absolute atomic E-state index is 4.98. The zero-order chi connectivity index (χ0) is 20.2. The van der Waals surface area contributed by atoms with E-state index in [1.807, 2.05) is 25.5 Å². The van der Waals surface area contributed by atoms with Crippen molar-refractivity contribution in [1.29, 1.82) is 0 Å². The fourth-order valence-electron chi connectivity index (χ4n) is 4.28. The highest BCUT2D eigenvalue weighted by Crippen LogP contribution is 2.32. The fraction of sp³-hybridized carbons (Fsp3) is 0.360. The van der Waals surface area contributed by atoms with Gasteiger partial charge in [0.15, 0.2) is 0 Å². The second-order valence-electron chi connectivity index (χ2n) is 7.89. The molecule has 0 radical (unpaired) electrons. The Kier molecular flexibility index (Phi) is 5.79. The Labute approximate surface area is 173 Å². The molecular weight excluding hydrogens is 356 g/mol. The van der Waals surface area contributed by atoms with Gasteiger partial charge in [0.25, 0.3) is 0 Å². The maximum Gasteiger partial charge on any atom is 0.0743 e. The Morgan fingerprint density at radius 3 is 2.62 bits per heavy atom. The van der Waals surface area contributed by atoms with Crippen LogP contribution in [-0.2, 0) is 6.42 Å². The topological polar surface area (TPSA) is 41.0 Å². The molecule has 0 aliphatic carbocycles. The molecule has 0 unspecified atom stereocenters. The highest BCUT2D eigenvalue weighted by molar-refractivity contribution is 5.90. The van der Waals surface area contributed by atoms with E-state index >= 15 is 0 Å². The minimum atomic E-state index is 0.478. The van der Waals surface area contributed by atoms with Gasteiger partial charge in [0.05, 0.1) is 5.52 Å². The lowest BCUT2D eigenvalue weighted by Gasteiger charge is -2.33. The van der Waals surface area contributed by atoms with Crippen LogP contribution < -0.4 is 10.2 Å². The van der Waals surface area contributed by atoms with E-state index in [1.54, 1.807) is 0 Å². The molecule has 4 heteroatoms. The number of benzene rings is 1. The van der Waals surface area contributed by atoms with Gasteiger partial charge in [-0.15, -0.1) is 0 Å². The number of fused-ring (bicyclic) bond motifs is 1. The van der Waals surface area contributed by atoms with Gasteiger partial charge < -0.3 is 10.2 Å². The Hall–Kier alpha value is -2.88. The maximum atomic E-state index is 4.98. The van der Waals surface area contributed by atoms with Crippen molar-refractivity contribution < 1.29 is 0 Å². The van der Waals surface area contributed by atoms with Gasteiger partial charge in [-0.1, -0.05) is 32.1 Å². The molecule has 4 nitrogen and oxygen atoms in total. The van der Waals surface area contributed by atoms with Crippen LogP contribution in [0.3, 0.4) is 0 Å². The number of anilines is 1. The highest BCUT2D eigenvalue weighted by atomic mass is 15.1. The third-order valence-corrected chi connectivity index (χ3v) is 6.01. The Balaban J connectivity index is 1.52. The summed E-state index contributed by atoms with van der Waals surface area (Å²) >= 11 is 0. The van der Waals surface area contributed by atoms with Crippen LogP contribution in [-0.4, -0.2) is 30.1 Å². The van der Waals surface area contributed by atoms with Gasteiger partial charge in [-0.2, -0.15) is 0 Å². The summed E-state index contributed by atoms with van der Waals surface area (Å²) in [5.41, 5.74) is 6.96. The van der Waals surface area contributed by atoms with Crippen LogP contribution in [0.15, 0.2) is 55.4 Å². The van der Waals surface area contributed by atoms with Crippen LogP contribution in [0.5, 0.6) is 0 Å². The molecule has 0 bridgehead atoms. The van der Waals surface area contributed by atoms with Gasteiger partial charge in [-0.3, -0.25) is 9.97 Å². The molecule has 1 N–H and O–H groups in total. The first kappa shape index (κ1) is 19.4. The smallest absolute Gasteiger partial charge is 0.0743 e. The molecule has 1 aliphatic rings. The predicted octanol–water partition coefficient (Wildman–Crippen LogP) is 5.16. The molecule has 29 heavy (non-hydrogen) atoms. The highest BCUT2D eigenvalue weighted by Gasteiger charge is 2.23. The summed E-state index contributed by atoms with van der Waals surface area (Å²) in [6, 6.07) is 13.3. The van der Waals surface area contributed by atoms with Gasteiger partial charge in [0.1, 0.15) is 0 Å². The van der Waals surface area contributed by atoms with E-state index in [9.17, 15) is 0 Å². The lowest BCUT2D eigenvalue weighted by atomic mass is 9.91. The molecule has 3 heterocycles. The second-order valence-corrected chi connectivity index (χ2v) is 7.89.